The van der Waals surface area contributed by atoms with E-state index in [1.807, 2.05) is 18.2 Å². The van der Waals surface area contributed by atoms with Gasteiger partial charge in [0.1, 0.15) is 5.75 Å². The summed E-state index contributed by atoms with van der Waals surface area (Å²) in [6.45, 7) is 0. The Hall–Kier alpha value is -0.870. The number of rotatable bonds is 2. The van der Waals surface area contributed by atoms with Crippen LogP contribution in [0.4, 0.5) is 0 Å². The van der Waals surface area contributed by atoms with Gasteiger partial charge in [-0.25, -0.2) is 0 Å². The fourth-order valence-electron chi connectivity index (χ4n) is 1.30. The van der Waals surface area contributed by atoms with Crippen molar-refractivity contribution in [3.8, 4) is 10.8 Å². The summed E-state index contributed by atoms with van der Waals surface area (Å²) >= 11 is 5.94. The normalized spacial score (nSPS) is 10.5. The van der Waals surface area contributed by atoms with Gasteiger partial charge in [0.25, 0.3) is 0 Å². The van der Waals surface area contributed by atoms with Crippen LogP contribution in [0.5, 0.6) is 10.8 Å². The second kappa shape index (κ2) is 3.71. The van der Waals surface area contributed by atoms with Gasteiger partial charge in [-0.3, -0.25) is 0 Å². The molecule has 14 heavy (non-hydrogen) atoms. The Morgan fingerprint density at radius 1 is 1.14 bits per heavy atom. The van der Waals surface area contributed by atoms with Crippen LogP contribution >= 0.6 is 24.0 Å². The lowest BCUT2D eigenvalue weighted by Crippen LogP contribution is -1.83. The van der Waals surface area contributed by atoms with Crippen LogP contribution in [0.2, 0.25) is 0 Å². The maximum absolute atomic E-state index is 5.18. The highest BCUT2D eigenvalue weighted by Crippen LogP contribution is 2.36. The van der Waals surface area contributed by atoms with Crippen molar-refractivity contribution in [2.45, 2.75) is 4.90 Å². The minimum absolute atomic E-state index is 0.793. The first-order valence-corrected chi connectivity index (χ1v) is 5.35. The van der Waals surface area contributed by atoms with E-state index in [9.17, 15) is 0 Å². The molecule has 0 bridgehead atoms. The van der Waals surface area contributed by atoms with Crippen LogP contribution in [0.15, 0.2) is 23.1 Å². The lowest BCUT2D eigenvalue weighted by atomic mass is 10.2. The Bertz CT molecular complexity index is 462. The standard InChI is InChI=1S/C10H10O2S2/c1-11-7-3-6-4-10(12-2)14-9(6)5-8(7)13/h3-5,13H,1-2H3. The first-order valence-electron chi connectivity index (χ1n) is 4.09. The van der Waals surface area contributed by atoms with Crippen LogP contribution in [-0.2, 0) is 0 Å². The molecular formula is C10H10O2S2. The summed E-state index contributed by atoms with van der Waals surface area (Å²) in [5.41, 5.74) is 0. The van der Waals surface area contributed by atoms with Crippen molar-refractivity contribution in [2.24, 2.45) is 0 Å². The Balaban J connectivity index is 2.64. The first-order chi connectivity index (χ1) is 6.74. The molecule has 74 valence electrons. The van der Waals surface area contributed by atoms with Crippen LogP contribution in [0.3, 0.4) is 0 Å². The van der Waals surface area contributed by atoms with E-state index in [1.54, 1.807) is 25.6 Å². The van der Waals surface area contributed by atoms with Gasteiger partial charge in [-0.15, -0.1) is 12.6 Å². The predicted molar refractivity (Wildman–Crippen MR) is 62.2 cm³/mol. The average molecular weight is 226 g/mol. The van der Waals surface area contributed by atoms with Gasteiger partial charge in [0.2, 0.25) is 0 Å². The maximum atomic E-state index is 5.18. The molecule has 4 heteroatoms. The number of hydrogen-bond donors (Lipinski definition) is 1. The largest absolute Gasteiger partial charge is 0.496 e. The molecule has 2 nitrogen and oxygen atoms in total. The molecule has 0 aliphatic carbocycles. The van der Waals surface area contributed by atoms with E-state index in [1.165, 1.54) is 0 Å². The zero-order valence-corrected chi connectivity index (χ0v) is 9.61. The van der Waals surface area contributed by atoms with Gasteiger partial charge in [0.15, 0.2) is 5.06 Å². The maximum Gasteiger partial charge on any atom is 0.174 e. The topological polar surface area (TPSA) is 18.5 Å². The molecule has 0 fully saturated rings. The molecule has 0 atom stereocenters. The predicted octanol–water partition coefficient (Wildman–Crippen LogP) is 3.21. The van der Waals surface area contributed by atoms with E-state index in [4.69, 9.17) is 9.47 Å². The van der Waals surface area contributed by atoms with E-state index in [-0.39, 0.29) is 0 Å². The molecule has 0 spiro atoms. The van der Waals surface area contributed by atoms with E-state index in [2.05, 4.69) is 12.6 Å². The zero-order valence-electron chi connectivity index (χ0n) is 7.90. The van der Waals surface area contributed by atoms with Crippen molar-refractivity contribution < 1.29 is 9.47 Å². The zero-order chi connectivity index (χ0) is 10.1. The summed E-state index contributed by atoms with van der Waals surface area (Å²) in [5.74, 6) is 0.793. The molecule has 0 aliphatic heterocycles. The quantitative estimate of drug-likeness (QED) is 0.793. The number of thiophene rings is 1. The molecule has 0 saturated carbocycles. The molecule has 0 saturated heterocycles. The van der Waals surface area contributed by atoms with Crippen molar-refractivity contribution in [2.75, 3.05) is 14.2 Å². The highest BCUT2D eigenvalue weighted by atomic mass is 32.1. The van der Waals surface area contributed by atoms with E-state index < -0.39 is 0 Å². The second-order valence-electron chi connectivity index (χ2n) is 2.83. The van der Waals surface area contributed by atoms with Gasteiger partial charge in [-0.1, -0.05) is 11.3 Å². The SMILES string of the molecule is COc1cc2cc(OC)c(S)cc2s1. The number of hydrogen-bond acceptors (Lipinski definition) is 4. The fraction of sp³-hybridized carbons (Fsp3) is 0.200. The summed E-state index contributed by atoms with van der Waals surface area (Å²) in [7, 11) is 3.31. The smallest absolute Gasteiger partial charge is 0.174 e. The highest BCUT2D eigenvalue weighted by Gasteiger charge is 2.06. The molecular weight excluding hydrogens is 216 g/mol. The highest BCUT2D eigenvalue weighted by molar-refractivity contribution is 7.80. The number of methoxy groups -OCH3 is 2. The van der Waals surface area contributed by atoms with Gasteiger partial charge in [0.05, 0.1) is 14.2 Å². The van der Waals surface area contributed by atoms with Crippen molar-refractivity contribution in [1.29, 1.82) is 0 Å². The molecule has 0 amide bonds. The third kappa shape index (κ3) is 1.55. The van der Waals surface area contributed by atoms with Crippen LogP contribution < -0.4 is 9.47 Å². The number of fused-ring (bicyclic) bond motifs is 1. The lowest BCUT2D eigenvalue weighted by molar-refractivity contribution is 0.406. The van der Waals surface area contributed by atoms with Crippen molar-refractivity contribution in [1.82, 2.24) is 0 Å². The summed E-state index contributed by atoms with van der Waals surface area (Å²) in [4.78, 5) is 0.851. The molecule has 0 N–H and O–H groups in total. The third-order valence-corrected chi connectivity index (χ3v) is 3.41. The Kier molecular flexibility index (Phi) is 2.56. The van der Waals surface area contributed by atoms with Crippen molar-refractivity contribution in [3.05, 3.63) is 18.2 Å². The van der Waals surface area contributed by atoms with E-state index in [0.717, 1.165) is 25.8 Å². The number of benzene rings is 1. The molecule has 1 aromatic heterocycles. The van der Waals surface area contributed by atoms with Gasteiger partial charge < -0.3 is 9.47 Å². The number of thiol groups is 1. The van der Waals surface area contributed by atoms with Gasteiger partial charge in [-0.2, -0.15) is 0 Å². The van der Waals surface area contributed by atoms with Gasteiger partial charge in [0, 0.05) is 15.0 Å². The van der Waals surface area contributed by atoms with Gasteiger partial charge >= 0.3 is 0 Å². The van der Waals surface area contributed by atoms with E-state index in [0.29, 0.717) is 0 Å². The molecule has 2 rings (SSSR count). The molecule has 0 aliphatic rings. The van der Waals surface area contributed by atoms with Crippen molar-refractivity contribution in [3.63, 3.8) is 0 Å². The Morgan fingerprint density at radius 2 is 1.93 bits per heavy atom. The molecule has 0 unspecified atom stereocenters. The Labute approximate surface area is 91.9 Å². The van der Waals surface area contributed by atoms with E-state index >= 15 is 0 Å². The van der Waals surface area contributed by atoms with Gasteiger partial charge in [-0.05, 0) is 18.2 Å². The lowest BCUT2D eigenvalue weighted by Gasteiger charge is -2.02. The summed E-state index contributed by atoms with van der Waals surface area (Å²) in [5, 5.41) is 2.03. The minimum Gasteiger partial charge on any atom is -0.496 e. The molecule has 0 radical (unpaired) electrons. The third-order valence-electron chi connectivity index (χ3n) is 2.00. The van der Waals surface area contributed by atoms with Crippen molar-refractivity contribution >= 4 is 34.1 Å². The first kappa shape index (κ1) is 9.68. The number of ether oxygens (including phenoxy) is 2. The fourth-order valence-corrected chi connectivity index (χ4v) is 2.57. The summed E-state index contributed by atoms with van der Waals surface area (Å²) in [6, 6.07) is 5.96. The Morgan fingerprint density at radius 3 is 2.57 bits per heavy atom. The minimum atomic E-state index is 0.793. The monoisotopic (exact) mass is 226 g/mol. The van der Waals surface area contributed by atoms with Crippen LogP contribution in [0.1, 0.15) is 0 Å². The van der Waals surface area contributed by atoms with Crippen LogP contribution in [0, 0.1) is 0 Å². The second-order valence-corrected chi connectivity index (χ2v) is 4.36. The van der Waals surface area contributed by atoms with Crippen LogP contribution in [-0.4, -0.2) is 14.2 Å². The summed E-state index contributed by atoms with van der Waals surface area (Å²) < 4.78 is 11.5. The van der Waals surface area contributed by atoms with Crippen LogP contribution in [0.25, 0.3) is 10.1 Å². The molecule has 1 heterocycles. The molecule has 1 aromatic carbocycles. The average Bonchev–Trinajstić information content (AvgIpc) is 2.58. The molecule has 2 aromatic rings. The summed E-state index contributed by atoms with van der Waals surface area (Å²) in [6.07, 6.45) is 0.